The number of aliphatic hydroxyl groups is 1. The zero-order chi connectivity index (χ0) is 13.9. The number of piperidine rings is 1. The summed E-state index contributed by atoms with van der Waals surface area (Å²) >= 11 is 0. The van der Waals surface area contributed by atoms with Crippen molar-refractivity contribution in [1.29, 1.82) is 5.26 Å². The molecular weight excluding hydrogens is 236 g/mol. The van der Waals surface area contributed by atoms with E-state index in [0.717, 1.165) is 38.3 Å². The number of nitrogens with zero attached hydrogens (tertiary/aromatic N) is 2. The second-order valence-corrected chi connectivity index (χ2v) is 6.80. The molecule has 1 saturated carbocycles. The van der Waals surface area contributed by atoms with E-state index in [-0.39, 0.29) is 5.92 Å². The van der Waals surface area contributed by atoms with Gasteiger partial charge in [0.1, 0.15) is 0 Å². The van der Waals surface area contributed by atoms with Crippen LogP contribution in [0.3, 0.4) is 0 Å². The van der Waals surface area contributed by atoms with Gasteiger partial charge in [0.25, 0.3) is 0 Å². The van der Waals surface area contributed by atoms with E-state index in [1.54, 1.807) is 0 Å². The number of hydrogen-bond donors (Lipinski definition) is 1. The van der Waals surface area contributed by atoms with Crippen molar-refractivity contribution in [2.75, 3.05) is 13.1 Å². The molecule has 0 aromatic rings. The van der Waals surface area contributed by atoms with Crippen LogP contribution in [0.5, 0.6) is 0 Å². The number of nitriles is 1. The normalized spacial score (nSPS) is 35.8. The molecule has 1 N–H and O–H groups in total. The van der Waals surface area contributed by atoms with Gasteiger partial charge in [-0.1, -0.05) is 19.8 Å². The van der Waals surface area contributed by atoms with Gasteiger partial charge in [0.15, 0.2) is 0 Å². The van der Waals surface area contributed by atoms with Gasteiger partial charge in [-0.2, -0.15) is 5.26 Å². The average Bonchev–Trinajstić information content (AvgIpc) is 2.39. The van der Waals surface area contributed by atoms with Crippen molar-refractivity contribution in [3.63, 3.8) is 0 Å². The maximum atomic E-state index is 10.1. The van der Waals surface area contributed by atoms with Gasteiger partial charge in [-0.25, -0.2) is 0 Å². The minimum Gasteiger partial charge on any atom is -0.390 e. The Labute approximate surface area is 117 Å². The third-order valence-corrected chi connectivity index (χ3v) is 5.13. The van der Waals surface area contributed by atoms with E-state index in [2.05, 4.69) is 17.9 Å². The fraction of sp³-hybridized carbons (Fsp3) is 0.938. The Morgan fingerprint density at radius 3 is 2.58 bits per heavy atom. The SMILES string of the molecule is CCCC1CCC(C#N)C(N2CCC(C)(O)CC2)C1. The summed E-state index contributed by atoms with van der Waals surface area (Å²) < 4.78 is 0. The van der Waals surface area contributed by atoms with Crippen LogP contribution in [0.1, 0.15) is 58.8 Å². The van der Waals surface area contributed by atoms with E-state index in [1.807, 2.05) is 6.92 Å². The lowest BCUT2D eigenvalue weighted by atomic mass is 9.75. The molecule has 1 aliphatic heterocycles. The quantitative estimate of drug-likeness (QED) is 0.852. The fourth-order valence-corrected chi connectivity index (χ4v) is 3.79. The molecule has 2 rings (SSSR count). The van der Waals surface area contributed by atoms with Crippen LogP contribution in [0.2, 0.25) is 0 Å². The molecule has 2 fully saturated rings. The zero-order valence-electron chi connectivity index (χ0n) is 12.4. The Balaban J connectivity index is 1.97. The first-order valence-electron chi connectivity index (χ1n) is 7.92. The van der Waals surface area contributed by atoms with Gasteiger partial charge < -0.3 is 5.11 Å². The highest BCUT2D eigenvalue weighted by Crippen LogP contribution is 2.36. The molecule has 3 unspecified atom stereocenters. The second-order valence-electron chi connectivity index (χ2n) is 6.80. The molecule has 1 saturated heterocycles. The third kappa shape index (κ3) is 3.70. The van der Waals surface area contributed by atoms with Gasteiger partial charge in [0.2, 0.25) is 0 Å². The van der Waals surface area contributed by atoms with E-state index >= 15 is 0 Å². The van der Waals surface area contributed by atoms with Crippen LogP contribution < -0.4 is 0 Å². The number of rotatable bonds is 3. The lowest BCUT2D eigenvalue weighted by Gasteiger charge is -2.45. The Bertz CT molecular complexity index is 324. The monoisotopic (exact) mass is 264 g/mol. The summed E-state index contributed by atoms with van der Waals surface area (Å²) in [5.74, 6) is 1.01. The summed E-state index contributed by atoms with van der Waals surface area (Å²) in [6.07, 6.45) is 7.74. The summed E-state index contributed by atoms with van der Waals surface area (Å²) in [5, 5.41) is 19.4. The summed E-state index contributed by atoms with van der Waals surface area (Å²) in [5.41, 5.74) is -0.490. The smallest absolute Gasteiger partial charge is 0.0672 e. The van der Waals surface area contributed by atoms with Crippen LogP contribution in [0.25, 0.3) is 0 Å². The van der Waals surface area contributed by atoms with Crippen molar-refractivity contribution in [1.82, 2.24) is 4.90 Å². The molecule has 0 aromatic carbocycles. The van der Waals surface area contributed by atoms with E-state index in [4.69, 9.17) is 0 Å². The lowest BCUT2D eigenvalue weighted by molar-refractivity contribution is -0.0296. The maximum Gasteiger partial charge on any atom is 0.0672 e. The first-order valence-corrected chi connectivity index (χ1v) is 7.92. The molecule has 3 atom stereocenters. The second kappa shape index (κ2) is 6.24. The predicted molar refractivity (Wildman–Crippen MR) is 76.6 cm³/mol. The van der Waals surface area contributed by atoms with E-state index in [1.165, 1.54) is 25.7 Å². The summed E-state index contributed by atoms with van der Waals surface area (Å²) in [6, 6.07) is 2.97. The van der Waals surface area contributed by atoms with Gasteiger partial charge in [-0.05, 0) is 44.9 Å². The van der Waals surface area contributed by atoms with Crippen molar-refractivity contribution in [3.05, 3.63) is 0 Å². The van der Waals surface area contributed by atoms with Crippen LogP contribution in [-0.4, -0.2) is 34.7 Å². The molecule has 1 heterocycles. The molecule has 0 amide bonds. The number of hydrogen-bond acceptors (Lipinski definition) is 3. The van der Waals surface area contributed by atoms with Crippen LogP contribution in [0.15, 0.2) is 0 Å². The molecule has 1 aliphatic carbocycles. The third-order valence-electron chi connectivity index (χ3n) is 5.13. The predicted octanol–water partition coefficient (Wildman–Crippen LogP) is 2.94. The molecule has 0 radical (unpaired) electrons. The Morgan fingerprint density at radius 2 is 2.00 bits per heavy atom. The fourth-order valence-electron chi connectivity index (χ4n) is 3.79. The van der Waals surface area contributed by atoms with Crippen molar-refractivity contribution >= 4 is 0 Å². The van der Waals surface area contributed by atoms with Gasteiger partial charge in [-0.3, -0.25) is 4.90 Å². The number of likely N-dealkylation sites (tertiary alicyclic amines) is 1. The van der Waals surface area contributed by atoms with E-state index in [9.17, 15) is 10.4 Å². The van der Waals surface area contributed by atoms with Crippen molar-refractivity contribution < 1.29 is 5.11 Å². The molecule has 19 heavy (non-hydrogen) atoms. The van der Waals surface area contributed by atoms with E-state index in [0.29, 0.717) is 6.04 Å². The summed E-state index contributed by atoms with van der Waals surface area (Å²) in [4.78, 5) is 2.48. The molecule has 2 aliphatic rings. The van der Waals surface area contributed by atoms with Crippen LogP contribution in [-0.2, 0) is 0 Å². The van der Waals surface area contributed by atoms with Gasteiger partial charge in [0.05, 0.1) is 17.6 Å². The molecule has 108 valence electrons. The standard InChI is InChI=1S/C16H28N2O/c1-3-4-13-5-6-14(12-17)15(11-13)18-9-7-16(2,19)8-10-18/h13-15,19H,3-11H2,1-2H3. The summed E-state index contributed by atoms with van der Waals surface area (Å²) in [6.45, 7) is 6.10. The minimum atomic E-state index is -0.490. The molecule has 3 nitrogen and oxygen atoms in total. The van der Waals surface area contributed by atoms with Gasteiger partial charge in [-0.15, -0.1) is 0 Å². The van der Waals surface area contributed by atoms with Crippen LogP contribution >= 0.6 is 0 Å². The first kappa shape index (κ1) is 14.8. The van der Waals surface area contributed by atoms with E-state index < -0.39 is 5.60 Å². The van der Waals surface area contributed by atoms with Crippen molar-refractivity contribution in [3.8, 4) is 6.07 Å². The maximum absolute atomic E-state index is 10.1. The topological polar surface area (TPSA) is 47.3 Å². The minimum absolute atomic E-state index is 0.205. The van der Waals surface area contributed by atoms with Gasteiger partial charge in [0, 0.05) is 19.1 Å². The molecule has 3 heteroatoms. The largest absolute Gasteiger partial charge is 0.390 e. The Hall–Kier alpha value is -0.590. The first-order chi connectivity index (χ1) is 9.05. The van der Waals surface area contributed by atoms with Crippen molar-refractivity contribution in [2.45, 2.75) is 70.4 Å². The highest BCUT2D eigenvalue weighted by atomic mass is 16.3. The highest BCUT2D eigenvalue weighted by Gasteiger charge is 2.37. The molecular formula is C16H28N2O. The zero-order valence-corrected chi connectivity index (χ0v) is 12.4. The molecule has 0 spiro atoms. The van der Waals surface area contributed by atoms with Crippen LogP contribution in [0.4, 0.5) is 0 Å². The average molecular weight is 264 g/mol. The van der Waals surface area contributed by atoms with Gasteiger partial charge >= 0.3 is 0 Å². The Kier molecular flexibility index (Phi) is 4.86. The van der Waals surface area contributed by atoms with Crippen LogP contribution in [0, 0.1) is 23.2 Å². The molecule has 0 aromatic heterocycles. The molecule has 0 bridgehead atoms. The van der Waals surface area contributed by atoms with Crippen molar-refractivity contribution in [2.24, 2.45) is 11.8 Å². The highest BCUT2D eigenvalue weighted by molar-refractivity contribution is 4.99. The Morgan fingerprint density at radius 1 is 1.32 bits per heavy atom. The lowest BCUT2D eigenvalue weighted by Crippen LogP contribution is -2.51. The summed E-state index contributed by atoms with van der Waals surface area (Å²) in [7, 11) is 0.